The molecule has 0 atom stereocenters. The summed E-state index contributed by atoms with van der Waals surface area (Å²) in [5.74, 6) is -0.815. The van der Waals surface area contributed by atoms with E-state index < -0.39 is 5.82 Å². The van der Waals surface area contributed by atoms with Gasteiger partial charge in [0.1, 0.15) is 5.82 Å². The third-order valence-corrected chi connectivity index (χ3v) is 3.45. The number of halogens is 2. The number of thiazole rings is 1. The third kappa shape index (κ3) is 3.05. The molecule has 0 aliphatic rings. The summed E-state index contributed by atoms with van der Waals surface area (Å²) in [7, 11) is 0. The highest BCUT2D eigenvalue weighted by molar-refractivity contribution is 7.15. The Morgan fingerprint density at radius 1 is 1.56 bits per heavy atom. The Morgan fingerprint density at radius 3 is 2.94 bits per heavy atom. The second-order valence-electron chi connectivity index (χ2n) is 3.70. The minimum absolute atomic E-state index is 0.107. The first kappa shape index (κ1) is 13.0. The van der Waals surface area contributed by atoms with Crippen LogP contribution in [-0.4, -0.2) is 10.9 Å². The molecule has 0 radical (unpaired) electrons. The normalized spacial score (nSPS) is 10.4. The second kappa shape index (κ2) is 5.46. The van der Waals surface area contributed by atoms with Crippen molar-refractivity contribution in [2.24, 2.45) is 0 Å². The van der Waals surface area contributed by atoms with E-state index in [1.54, 1.807) is 12.3 Å². The van der Waals surface area contributed by atoms with E-state index in [0.29, 0.717) is 5.13 Å². The van der Waals surface area contributed by atoms with E-state index in [1.165, 1.54) is 23.5 Å². The monoisotopic (exact) mass is 284 g/mol. The molecule has 0 spiro atoms. The van der Waals surface area contributed by atoms with Crippen LogP contribution in [0.15, 0.2) is 24.4 Å². The number of anilines is 1. The second-order valence-corrected chi connectivity index (χ2v) is 5.34. The van der Waals surface area contributed by atoms with E-state index in [4.69, 9.17) is 11.6 Å². The average molecular weight is 285 g/mol. The number of carbonyl (C=O) groups excluding carboxylic acids is 1. The highest BCUT2D eigenvalue weighted by Crippen LogP contribution is 2.21. The van der Waals surface area contributed by atoms with Crippen LogP contribution in [-0.2, 0) is 11.2 Å². The zero-order valence-electron chi connectivity index (χ0n) is 9.54. The highest BCUT2D eigenvalue weighted by Gasteiger charge is 2.12. The van der Waals surface area contributed by atoms with Gasteiger partial charge in [-0.15, -0.1) is 11.3 Å². The van der Waals surface area contributed by atoms with Gasteiger partial charge in [-0.1, -0.05) is 17.7 Å². The Balaban J connectivity index is 2.08. The number of aryl methyl sites for hydroxylation is 1. The van der Waals surface area contributed by atoms with Crippen LogP contribution in [0.4, 0.5) is 9.52 Å². The third-order valence-electron chi connectivity index (χ3n) is 2.27. The summed E-state index contributed by atoms with van der Waals surface area (Å²) >= 11 is 7.21. The number of carbonyl (C=O) groups is 1. The molecule has 0 aliphatic heterocycles. The van der Waals surface area contributed by atoms with E-state index in [0.717, 1.165) is 4.88 Å². The lowest BCUT2D eigenvalue weighted by Gasteiger charge is -2.05. The van der Waals surface area contributed by atoms with Crippen LogP contribution in [0.2, 0.25) is 5.02 Å². The lowest BCUT2D eigenvalue weighted by atomic mass is 10.1. The molecule has 6 heteroatoms. The largest absolute Gasteiger partial charge is 0.302 e. The van der Waals surface area contributed by atoms with Gasteiger partial charge < -0.3 is 5.32 Å². The van der Waals surface area contributed by atoms with Crippen molar-refractivity contribution < 1.29 is 9.18 Å². The Bertz CT molecular complexity index is 565. The molecule has 0 fully saturated rings. The van der Waals surface area contributed by atoms with Crippen molar-refractivity contribution in [3.63, 3.8) is 0 Å². The van der Waals surface area contributed by atoms with E-state index in [-0.39, 0.29) is 22.9 Å². The van der Waals surface area contributed by atoms with Gasteiger partial charge in [0.2, 0.25) is 5.91 Å². The van der Waals surface area contributed by atoms with Gasteiger partial charge >= 0.3 is 0 Å². The summed E-state index contributed by atoms with van der Waals surface area (Å²) in [4.78, 5) is 16.7. The molecule has 1 heterocycles. The van der Waals surface area contributed by atoms with Crippen molar-refractivity contribution in [2.45, 2.75) is 13.3 Å². The fourth-order valence-electron chi connectivity index (χ4n) is 1.44. The summed E-state index contributed by atoms with van der Waals surface area (Å²) in [6, 6.07) is 4.34. The molecule has 0 aliphatic carbocycles. The number of rotatable bonds is 3. The molecule has 1 N–H and O–H groups in total. The van der Waals surface area contributed by atoms with Gasteiger partial charge in [-0.05, 0) is 19.1 Å². The molecule has 2 aromatic rings. The van der Waals surface area contributed by atoms with Crippen molar-refractivity contribution in [3.8, 4) is 0 Å². The van der Waals surface area contributed by atoms with Crippen LogP contribution >= 0.6 is 22.9 Å². The van der Waals surface area contributed by atoms with Crippen LogP contribution in [0.3, 0.4) is 0 Å². The van der Waals surface area contributed by atoms with Crippen molar-refractivity contribution in [2.75, 3.05) is 5.32 Å². The van der Waals surface area contributed by atoms with Gasteiger partial charge in [-0.2, -0.15) is 0 Å². The number of nitrogens with one attached hydrogen (secondary N) is 1. The predicted octanol–water partition coefficient (Wildman–Crippen LogP) is 3.43. The molecular formula is C12H10ClFN2OS. The van der Waals surface area contributed by atoms with Gasteiger partial charge in [-0.25, -0.2) is 9.37 Å². The van der Waals surface area contributed by atoms with Crippen molar-refractivity contribution in [1.29, 1.82) is 0 Å². The summed E-state index contributed by atoms with van der Waals surface area (Å²) in [6.07, 6.45) is 1.56. The molecule has 0 saturated carbocycles. The van der Waals surface area contributed by atoms with Crippen LogP contribution in [0.5, 0.6) is 0 Å². The number of benzene rings is 1. The Labute approximate surface area is 113 Å². The van der Waals surface area contributed by atoms with Gasteiger partial charge in [0, 0.05) is 21.7 Å². The first-order valence-corrected chi connectivity index (χ1v) is 6.41. The van der Waals surface area contributed by atoms with Crippen LogP contribution in [0.25, 0.3) is 0 Å². The molecule has 1 aromatic heterocycles. The Hall–Kier alpha value is -1.46. The minimum atomic E-state index is -0.479. The fourth-order valence-corrected chi connectivity index (χ4v) is 2.35. The first-order chi connectivity index (χ1) is 8.56. The Kier molecular flexibility index (Phi) is 3.93. The van der Waals surface area contributed by atoms with Gasteiger partial charge in [0.05, 0.1) is 6.42 Å². The van der Waals surface area contributed by atoms with Gasteiger partial charge in [0.15, 0.2) is 5.13 Å². The van der Waals surface area contributed by atoms with Gasteiger partial charge in [-0.3, -0.25) is 4.79 Å². The van der Waals surface area contributed by atoms with E-state index in [2.05, 4.69) is 10.3 Å². The number of hydrogen-bond acceptors (Lipinski definition) is 3. The number of amides is 1. The molecule has 1 aromatic carbocycles. The van der Waals surface area contributed by atoms with Crippen LogP contribution < -0.4 is 5.32 Å². The van der Waals surface area contributed by atoms with Crippen LogP contribution in [0.1, 0.15) is 10.4 Å². The maximum Gasteiger partial charge on any atom is 0.230 e. The molecule has 2 rings (SSSR count). The molecular weight excluding hydrogens is 275 g/mol. The maximum absolute atomic E-state index is 13.5. The maximum atomic E-state index is 13.5. The molecule has 94 valence electrons. The average Bonchev–Trinajstić information content (AvgIpc) is 2.69. The van der Waals surface area contributed by atoms with E-state index >= 15 is 0 Å². The molecule has 0 unspecified atom stereocenters. The molecule has 0 saturated heterocycles. The number of nitrogens with zero attached hydrogens (tertiary/aromatic N) is 1. The zero-order valence-corrected chi connectivity index (χ0v) is 11.1. The Morgan fingerprint density at radius 2 is 2.33 bits per heavy atom. The van der Waals surface area contributed by atoms with Crippen LogP contribution in [0, 0.1) is 12.7 Å². The summed E-state index contributed by atoms with van der Waals surface area (Å²) in [6.45, 7) is 1.89. The molecule has 18 heavy (non-hydrogen) atoms. The lowest BCUT2D eigenvalue weighted by molar-refractivity contribution is -0.115. The summed E-state index contributed by atoms with van der Waals surface area (Å²) < 4.78 is 13.5. The van der Waals surface area contributed by atoms with Crippen molar-refractivity contribution >= 4 is 34.0 Å². The quantitative estimate of drug-likeness (QED) is 0.938. The highest BCUT2D eigenvalue weighted by atomic mass is 35.5. The lowest BCUT2D eigenvalue weighted by Crippen LogP contribution is -2.15. The SMILES string of the molecule is Cc1cnc(NC(=O)Cc2c(F)cccc2Cl)s1. The fraction of sp³-hybridized carbons (Fsp3) is 0.167. The van der Waals surface area contributed by atoms with Crippen molar-refractivity contribution in [3.05, 3.63) is 45.7 Å². The topological polar surface area (TPSA) is 42.0 Å². The summed E-state index contributed by atoms with van der Waals surface area (Å²) in [5, 5.41) is 3.36. The molecule has 0 bridgehead atoms. The van der Waals surface area contributed by atoms with E-state index in [1.807, 2.05) is 6.92 Å². The number of aromatic nitrogens is 1. The smallest absolute Gasteiger partial charge is 0.230 e. The van der Waals surface area contributed by atoms with Gasteiger partial charge in [0.25, 0.3) is 0 Å². The molecule has 3 nitrogen and oxygen atoms in total. The zero-order chi connectivity index (χ0) is 13.1. The van der Waals surface area contributed by atoms with Crippen molar-refractivity contribution in [1.82, 2.24) is 4.98 Å². The molecule has 1 amide bonds. The number of hydrogen-bond donors (Lipinski definition) is 1. The van der Waals surface area contributed by atoms with E-state index in [9.17, 15) is 9.18 Å². The summed E-state index contributed by atoms with van der Waals surface area (Å²) in [5.41, 5.74) is 0.199. The first-order valence-electron chi connectivity index (χ1n) is 5.21. The minimum Gasteiger partial charge on any atom is -0.302 e. The predicted molar refractivity (Wildman–Crippen MR) is 70.6 cm³/mol. The standard InChI is InChI=1S/C12H10ClFN2OS/c1-7-6-15-12(18-7)16-11(17)5-8-9(13)3-2-4-10(8)14/h2-4,6H,5H2,1H3,(H,15,16,17).